The Bertz CT molecular complexity index is 854. The van der Waals surface area contributed by atoms with E-state index in [0.29, 0.717) is 18.4 Å². The van der Waals surface area contributed by atoms with E-state index in [1.807, 2.05) is 28.9 Å². The zero-order valence-corrected chi connectivity index (χ0v) is 17.2. The molecule has 1 saturated carbocycles. The Labute approximate surface area is 172 Å². The molecule has 1 amide bonds. The number of carbonyl (C=O) groups excluding carboxylic acids is 1. The predicted molar refractivity (Wildman–Crippen MR) is 111 cm³/mol. The maximum Gasteiger partial charge on any atom is 0.231 e. The molecular formula is C22H31N5O2. The summed E-state index contributed by atoms with van der Waals surface area (Å²) in [5.41, 5.74) is 7.72. The van der Waals surface area contributed by atoms with Gasteiger partial charge in [0.2, 0.25) is 5.91 Å². The van der Waals surface area contributed by atoms with Crippen LogP contribution in [0, 0.1) is 11.3 Å². The number of likely N-dealkylation sites (N-methyl/N-ethyl adjacent to an activating group) is 1. The van der Waals surface area contributed by atoms with Crippen molar-refractivity contribution in [1.82, 2.24) is 19.6 Å². The number of likely N-dealkylation sites (tertiary alicyclic amines) is 1. The molecule has 2 heterocycles. The molecule has 1 aromatic carbocycles. The van der Waals surface area contributed by atoms with Crippen LogP contribution in [0.15, 0.2) is 42.7 Å². The van der Waals surface area contributed by atoms with Gasteiger partial charge >= 0.3 is 0 Å². The third-order valence-corrected chi connectivity index (χ3v) is 6.70. The molecule has 2 aliphatic rings. The summed E-state index contributed by atoms with van der Waals surface area (Å²) in [4.78, 5) is 15.8. The number of aromatic nitrogens is 2. The number of hydrogen-bond acceptors (Lipinski definition) is 5. The van der Waals surface area contributed by atoms with Gasteiger partial charge in [-0.3, -0.25) is 14.4 Å². The van der Waals surface area contributed by atoms with E-state index in [1.54, 1.807) is 0 Å². The van der Waals surface area contributed by atoms with Crippen molar-refractivity contribution in [1.29, 1.82) is 0 Å². The molecule has 156 valence electrons. The fraction of sp³-hybridized carbons (Fsp3) is 0.545. The lowest BCUT2D eigenvalue weighted by Gasteiger charge is -2.19. The van der Waals surface area contributed by atoms with Gasteiger partial charge in [0.15, 0.2) is 0 Å². The van der Waals surface area contributed by atoms with Gasteiger partial charge < -0.3 is 15.7 Å². The Morgan fingerprint density at radius 3 is 2.79 bits per heavy atom. The van der Waals surface area contributed by atoms with Crippen LogP contribution in [0.1, 0.15) is 17.0 Å². The van der Waals surface area contributed by atoms with Crippen molar-refractivity contribution in [3.63, 3.8) is 0 Å². The van der Waals surface area contributed by atoms with Crippen molar-refractivity contribution < 1.29 is 9.90 Å². The van der Waals surface area contributed by atoms with E-state index in [0.717, 1.165) is 26.1 Å². The van der Waals surface area contributed by atoms with Crippen LogP contribution in [0.4, 0.5) is 0 Å². The largest absolute Gasteiger partial charge is 0.391 e. The van der Waals surface area contributed by atoms with E-state index in [4.69, 9.17) is 5.73 Å². The second-order valence-corrected chi connectivity index (χ2v) is 8.79. The topological polar surface area (TPSA) is 87.6 Å². The number of rotatable bonds is 8. The van der Waals surface area contributed by atoms with Crippen molar-refractivity contribution in [2.24, 2.45) is 24.1 Å². The maximum atomic E-state index is 11.4. The lowest BCUT2D eigenvalue weighted by molar-refractivity contribution is -0.119. The third kappa shape index (κ3) is 3.95. The van der Waals surface area contributed by atoms with Gasteiger partial charge in [-0.15, -0.1) is 0 Å². The van der Waals surface area contributed by atoms with Crippen molar-refractivity contribution in [3.05, 3.63) is 53.9 Å². The van der Waals surface area contributed by atoms with E-state index in [2.05, 4.69) is 47.5 Å². The number of nitrogens with zero attached hydrogens (tertiary/aromatic N) is 4. The van der Waals surface area contributed by atoms with E-state index >= 15 is 0 Å². The average molecular weight is 398 g/mol. The van der Waals surface area contributed by atoms with Gasteiger partial charge in [-0.1, -0.05) is 30.3 Å². The second-order valence-electron chi connectivity index (χ2n) is 8.79. The molecule has 2 fully saturated rings. The van der Waals surface area contributed by atoms with Crippen molar-refractivity contribution >= 4 is 5.91 Å². The molecule has 3 N–H and O–H groups in total. The molecule has 0 bridgehead atoms. The van der Waals surface area contributed by atoms with Crippen LogP contribution in [-0.4, -0.2) is 76.5 Å². The molecular weight excluding hydrogens is 366 g/mol. The molecule has 7 heteroatoms. The van der Waals surface area contributed by atoms with Crippen molar-refractivity contribution in [2.45, 2.75) is 18.4 Å². The minimum atomic E-state index is -0.441. The first-order valence-electron chi connectivity index (χ1n) is 10.3. The number of aryl methyl sites for hydroxylation is 1. The quantitative estimate of drug-likeness (QED) is 0.676. The molecule has 1 saturated heterocycles. The van der Waals surface area contributed by atoms with E-state index < -0.39 is 6.10 Å². The van der Waals surface area contributed by atoms with Gasteiger partial charge in [-0.05, 0) is 36.4 Å². The first kappa shape index (κ1) is 20.1. The smallest absolute Gasteiger partial charge is 0.231 e. The molecule has 7 nitrogen and oxygen atoms in total. The monoisotopic (exact) mass is 397 g/mol. The molecule has 1 spiro atoms. The Hall–Kier alpha value is -2.22. The number of aliphatic hydroxyl groups excluding tert-OH is 1. The highest BCUT2D eigenvalue weighted by molar-refractivity contribution is 5.76. The maximum absolute atomic E-state index is 11.4. The van der Waals surface area contributed by atoms with E-state index in [-0.39, 0.29) is 17.9 Å². The van der Waals surface area contributed by atoms with Crippen LogP contribution in [0.3, 0.4) is 0 Å². The highest BCUT2D eigenvalue weighted by Crippen LogP contribution is 2.69. The summed E-state index contributed by atoms with van der Waals surface area (Å²) in [5.74, 6) is 0.324. The highest BCUT2D eigenvalue weighted by Gasteiger charge is 2.71. The molecule has 4 atom stereocenters. The lowest BCUT2D eigenvalue weighted by atomic mass is 9.95. The number of primary amides is 1. The highest BCUT2D eigenvalue weighted by atomic mass is 16.3. The van der Waals surface area contributed by atoms with Gasteiger partial charge in [0.05, 0.1) is 18.8 Å². The van der Waals surface area contributed by atoms with Gasteiger partial charge in [-0.2, -0.15) is 5.10 Å². The SMILES string of the molecule is CN(CCc1cnn(C)c1)C[C@@H]1[C@@H](c2ccccc2)[C@]12CN(CC(N)=O)C[C@@H]2O. The molecule has 4 rings (SSSR count). The predicted octanol–water partition coefficient (Wildman–Crippen LogP) is 0.456. The summed E-state index contributed by atoms with van der Waals surface area (Å²) in [6.07, 6.45) is 4.49. The summed E-state index contributed by atoms with van der Waals surface area (Å²) in [5, 5.41) is 15.2. The zero-order valence-electron chi connectivity index (χ0n) is 17.2. The van der Waals surface area contributed by atoms with Crippen LogP contribution in [0.25, 0.3) is 0 Å². The Morgan fingerprint density at radius 1 is 1.38 bits per heavy atom. The normalized spacial score (nSPS) is 29.0. The van der Waals surface area contributed by atoms with Crippen LogP contribution in [-0.2, 0) is 18.3 Å². The number of aliphatic hydroxyl groups is 1. The summed E-state index contributed by atoms with van der Waals surface area (Å²) >= 11 is 0. The second kappa shape index (κ2) is 7.89. The van der Waals surface area contributed by atoms with Crippen LogP contribution in [0.2, 0.25) is 0 Å². The number of nitrogens with two attached hydrogens (primary N) is 1. The number of β-amino-alcohol motifs (C(OH)–C–C–N with tert-alkyl or cyclic N) is 1. The Morgan fingerprint density at radius 2 is 2.14 bits per heavy atom. The molecule has 0 unspecified atom stereocenters. The van der Waals surface area contributed by atoms with Gasteiger partial charge in [0, 0.05) is 44.8 Å². The number of benzene rings is 1. The minimum Gasteiger partial charge on any atom is -0.391 e. The third-order valence-electron chi connectivity index (χ3n) is 6.70. The van der Waals surface area contributed by atoms with Gasteiger partial charge in [0.25, 0.3) is 0 Å². The fourth-order valence-electron chi connectivity index (χ4n) is 5.35. The summed E-state index contributed by atoms with van der Waals surface area (Å²) < 4.78 is 1.83. The van der Waals surface area contributed by atoms with Crippen LogP contribution >= 0.6 is 0 Å². The molecule has 1 aromatic heterocycles. The molecule has 1 aliphatic heterocycles. The van der Waals surface area contributed by atoms with Crippen LogP contribution in [0.5, 0.6) is 0 Å². The molecule has 1 aliphatic carbocycles. The minimum absolute atomic E-state index is 0.195. The van der Waals surface area contributed by atoms with E-state index in [9.17, 15) is 9.90 Å². The Balaban J connectivity index is 1.47. The lowest BCUT2D eigenvalue weighted by Crippen LogP contribution is -2.33. The van der Waals surface area contributed by atoms with Crippen molar-refractivity contribution in [3.8, 4) is 0 Å². The fourth-order valence-corrected chi connectivity index (χ4v) is 5.35. The number of hydrogen-bond donors (Lipinski definition) is 2. The average Bonchev–Trinajstić information content (AvgIpc) is 2.93. The zero-order chi connectivity index (χ0) is 20.6. The molecule has 29 heavy (non-hydrogen) atoms. The van der Waals surface area contributed by atoms with Crippen LogP contribution < -0.4 is 5.73 Å². The van der Waals surface area contributed by atoms with E-state index in [1.165, 1.54) is 11.1 Å². The molecule has 2 aromatic rings. The summed E-state index contributed by atoms with van der Waals surface area (Å²) in [7, 11) is 4.08. The first-order chi connectivity index (χ1) is 13.9. The Kier molecular flexibility index (Phi) is 5.46. The number of carbonyl (C=O) groups is 1. The van der Waals surface area contributed by atoms with Crippen molar-refractivity contribution in [2.75, 3.05) is 39.8 Å². The summed E-state index contributed by atoms with van der Waals surface area (Å²) in [6.45, 7) is 3.31. The molecule has 0 radical (unpaired) electrons. The first-order valence-corrected chi connectivity index (χ1v) is 10.3. The van der Waals surface area contributed by atoms with Gasteiger partial charge in [-0.25, -0.2) is 0 Å². The summed E-state index contributed by atoms with van der Waals surface area (Å²) in [6, 6.07) is 10.5. The standard InChI is InChI=1S/C22H31N5O2/c1-25(9-8-16-10-24-26(2)11-16)12-18-21(17-6-4-3-5-7-17)22(18)15-27(13-19(22)28)14-20(23)29/h3-7,10-11,18-19,21,28H,8-9,12-15H2,1-2H3,(H2,23,29)/t18-,19+,21-,22-/m1/s1. The number of amides is 1. The van der Waals surface area contributed by atoms with Gasteiger partial charge in [0.1, 0.15) is 0 Å².